The Kier molecular flexibility index (Phi) is 4.11. The Morgan fingerprint density at radius 3 is 2.91 bits per heavy atom. The molecule has 2 aromatic heterocycles. The molecule has 116 valence electrons. The van der Waals surface area contributed by atoms with Gasteiger partial charge in [0.05, 0.1) is 11.7 Å². The first-order valence-electron chi connectivity index (χ1n) is 7.38. The summed E-state index contributed by atoms with van der Waals surface area (Å²) in [7, 11) is 4.07. The summed E-state index contributed by atoms with van der Waals surface area (Å²) >= 11 is 1.40. The summed E-state index contributed by atoms with van der Waals surface area (Å²) < 4.78 is 0. The number of hydrogen-bond acceptors (Lipinski definition) is 5. The molecule has 1 fully saturated rings. The van der Waals surface area contributed by atoms with Crippen LogP contribution in [-0.4, -0.2) is 48.0 Å². The Labute approximate surface area is 134 Å². The van der Waals surface area contributed by atoms with Crippen LogP contribution in [0.2, 0.25) is 0 Å². The number of pyridine rings is 1. The van der Waals surface area contributed by atoms with E-state index in [0.717, 1.165) is 36.6 Å². The van der Waals surface area contributed by atoms with Crippen LogP contribution in [0, 0.1) is 6.92 Å². The van der Waals surface area contributed by atoms with Gasteiger partial charge in [-0.3, -0.25) is 14.8 Å². The van der Waals surface area contributed by atoms with Crippen molar-refractivity contribution in [1.82, 2.24) is 14.9 Å². The number of rotatable bonds is 3. The Morgan fingerprint density at radius 2 is 2.23 bits per heavy atom. The number of amides is 1. The highest BCUT2D eigenvalue weighted by Crippen LogP contribution is 2.29. The van der Waals surface area contributed by atoms with Crippen molar-refractivity contribution in [1.29, 1.82) is 0 Å². The molecule has 1 unspecified atom stereocenters. The lowest BCUT2D eigenvalue weighted by Gasteiger charge is -2.18. The van der Waals surface area contributed by atoms with Crippen LogP contribution in [0.4, 0.5) is 5.69 Å². The molecule has 0 bridgehead atoms. The van der Waals surface area contributed by atoms with Gasteiger partial charge in [0.1, 0.15) is 4.88 Å². The van der Waals surface area contributed by atoms with E-state index in [0.29, 0.717) is 10.8 Å². The van der Waals surface area contributed by atoms with Gasteiger partial charge in [0.15, 0.2) is 0 Å². The molecule has 6 heteroatoms. The Bertz CT molecular complexity index is 669. The van der Waals surface area contributed by atoms with E-state index in [1.807, 2.05) is 25.9 Å². The molecule has 0 N–H and O–H groups in total. The summed E-state index contributed by atoms with van der Waals surface area (Å²) in [6, 6.07) is 4.22. The van der Waals surface area contributed by atoms with Crippen molar-refractivity contribution in [3.8, 4) is 0 Å². The third kappa shape index (κ3) is 2.97. The third-order valence-corrected chi connectivity index (χ3v) is 4.77. The highest BCUT2D eigenvalue weighted by atomic mass is 32.1. The van der Waals surface area contributed by atoms with E-state index in [1.165, 1.54) is 11.3 Å². The van der Waals surface area contributed by atoms with Gasteiger partial charge < -0.3 is 9.80 Å². The van der Waals surface area contributed by atoms with Crippen LogP contribution in [0.15, 0.2) is 23.8 Å². The topological polar surface area (TPSA) is 49.3 Å². The van der Waals surface area contributed by atoms with Gasteiger partial charge in [-0.1, -0.05) is 0 Å². The molecule has 1 amide bonds. The molecule has 1 aliphatic rings. The lowest BCUT2D eigenvalue weighted by Crippen LogP contribution is -2.27. The van der Waals surface area contributed by atoms with Crippen LogP contribution in [0.5, 0.6) is 0 Å². The third-order valence-electron chi connectivity index (χ3n) is 4.01. The van der Waals surface area contributed by atoms with Crippen LogP contribution in [0.3, 0.4) is 0 Å². The molecule has 1 atom stereocenters. The average molecular weight is 316 g/mol. The highest BCUT2D eigenvalue weighted by Gasteiger charge is 2.29. The minimum atomic E-state index is 0.0884. The maximum absolute atomic E-state index is 12.4. The highest BCUT2D eigenvalue weighted by molar-refractivity contribution is 7.11. The Balaban J connectivity index is 1.77. The molecular weight excluding hydrogens is 296 g/mol. The van der Waals surface area contributed by atoms with Crippen LogP contribution in [0.1, 0.15) is 33.4 Å². The molecule has 1 saturated heterocycles. The average Bonchev–Trinajstić information content (AvgIpc) is 3.17. The van der Waals surface area contributed by atoms with Crippen molar-refractivity contribution in [2.24, 2.45) is 0 Å². The van der Waals surface area contributed by atoms with E-state index in [1.54, 1.807) is 11.7 Å². The first-order valence-corrected chi connectivity index (χ1v) is 8.26. The number of carbonyl (C=O) groups excluding carboxylic acids is 1. The summed E-state index contributed by atoms with van der Waals surface area (Å²) in [4.78, 5) is 25.8. The zero-order chi connectivity index (χ0) is 15.7. The van der Waals surface area contributed by atoms with Crippen molar-refractivity contribution in [3.63, 3.8) is 0 Å². The Hall–Kier alpha value is -1.95. The molecule has 3 heterocycles. The van der Waals surface area contributed by atoms with Crippen molar-refractivity contribution >= 4 is 22.9 Å². The molecule has 3 rings (SSSR count). The first kappa shape index (κ1) is 15.0. The Morgan fingerprint density at radius 1 is 1.41 bits per heavy atom. The normalized spacial score (nSPS) is 17.8. The smallest absolute Gasteiger partial charge is 0.265 e. The van der Waals surface area contributed by atoms with Gasteiger partial charge in [-0.2, -0.15) is 0 Å². The summed E-state index contributed by atoms with van der Waals surface area (Å²) in [5.41, 5.74) is 4.97. The van der Waals surface area contributed by atoms with Gasteiger partial charge in [0, 0.05) is 50.2 Å². The lowest BCUT2D eigenvalue weighted by atomic mass is 10.0. The number of likely N-dealkylation sites (tertiary alicyclic amines) is 1. The zero-order valence-electron chi connectivity index (χ0n) is 13.1. The fourth-order valence-electron chi connectivity index (χ4n) is 2.81. The minimum Gasteiger partial charge on any atom is -0.378 e. The summed E-state index contributed by atoms with van der Waals surface area (Å²) in [6.07, 6.45) is 2.61. The lowest BCUT2D eigenvalue weighted by molar-refractivity contribution is 0.0795. The van der Waals surface area contributed by atoms with Crippen LogP contribution >= 0.6 is 11.3 Å². The molecule has 0 aromatic carbocycles. The van der Waals surface area contributed by atoms with Crippen LogP contribution in [0.25, 0.3) is 0 Å². The van der Waals surface area contributed by atoms with Crippen molar-refractivity contribution in [2.75, 3.05) is 32.1 Å². The molecule has 0 spiro atoms. The number of aromatic nitrogens is 2. The fourth-order valence-corrected chi connectivity index (χ4v) is 3.39. The summed E-state index contributed by atoms with van der Waals surface area (Å²) in [5.74, 6) is 0.404. The van der Waals surface area contributed by atoms with E-state index in [9.17, 15) is 4.79 Å². The molecule has 0 saturated carbocycles. The SMILES string of the molecule is Cc1cc(N(C)C)cc(C2CCN(C(=O)c3cncs3)C2)n1. The van der Waals surface area contributed by atoms with Gasteiger partial charge >= 0.3 is 0 Å². The van der Waals surface area contributed by atoms with Crippen LogP contribution in [-0.2, 0) is 0 Å². The number of nitrogens with zero attached hydrogens (tertiary/aromatic N) is 4. The first-order chi connectivity index (χ1) is 10.5. The second kappa shape index (κ2) is 6.04. The van der Waals surface area contributed by atoms with Crippen molar-refractivity contribution < 1.29 is 4.79 Å². The largest absolute Gasteiger partial charge is 0.378 e. The predicted octanol–water partition coefficient (Wildman–Crippen LogP) is 2.54. The van der Waals surface area contributed by atoms with Gasteiger partial charge in [-0.25, -0.2) is 0 Å². The molecule has 0 radical (unpaired) electrons. The van der Waals surface area contributed by atoms with E-state index in [-0.39, 0.29) is 5.91 Å². The maximum Gasteiger partial charge on any atom is 0.265 e. The molecule has 0 aliphatic carbocycles. The summed E-state index contributed by atoms with van der Waals surface area (Å²) in [6.45, 7) is 3.54. The number of carbonyl (C=O) groups is 1. The van der Waals surface area contributed by atoms with Gasteiger partial charge in [0.2, 0.25) is 0 Å². The maximum atomic E-state index is 12.4. The van der Waals surface area contributed by atoms with Crippen molar-refractivity contribution in [3.05, 3.63) is 40.1 Å². The molecular formula is C16H20N4OS. The molecule has 2 aromatic rings. The van der Waals surface area contributed by atoms with E-state index < -0.39 is 0 Å². The zero-order valence-corrected chi connectivity index (χ0v) is 13.9. The van der Waals surface area contributed by atoms with Gasteiger partial charge in [-0.15, -0.1) is 11.3 Å². The second-order valence-corrected chi connectivity index (χ2v) is 6.77. The van der Waals surface area contributed by atoms with Gasteiger partial charge in [-0.05, 0) is 25.5 Å². The fraction of sp³-hybridized carbons (Fsp3) is 0.438. The standard InChI is InChI=1S/C16H20N4OS/c1-11-6-13(19(2)3)7-14(18-11)12-4-5-20(9-12)16(21)15-8-17-10-22-15/h6-8,10,12H,4-5,9H2,1-3H3. The number of thiazole rings is 1. The summed E-state index contributed by atoms with van der Waals surface area (Å²) in [5, 5.41) is 0. The molecule has 1 aliphatic heterocycles. The number of anilines is 1. The van der Waals surface area contributed by atoms with Gasteiger partial charge in [0.25, 0.3) is 5.91 Å². The quantitative estimate of drug-likeness (QED) is 0.873. The van der Waals surface area contributed by atoms with E-state index in [2.05, 4.69) is 27.0 Å². The minimum absolute atomic E-state index is 0.0884. The predicted molar refractivity (Wildman–Crippen MR) is 88.7 cm³/mol. The van der Waals surface area contributed by atoms with E-state index in [4.69, 9.17) is 0 Å². The molecule has 22 heavy (non-hydrogen) atoms. The van der Waals surface area contributed by atoms with Crippen molar-refractivity contribution in [2.45, 2.75) is 19.3 Å². The number of hydrogen-bond donors (Lipinski definition) is 0. The second-order valence-electron chi connectivity index (χ2n) is 5.89. The monoisotopic (exact) mass is 316 g/mol. The molecule has 5 nitrogen and oxygen atoms in total. The number of aryl methyl sites for hydroxylation is 1. The van der Waals surface area contributed by atoms with Crippen LogP contribution < -0.4 is 4.90 Å². The van der Waals surface area contributed by atoms with E-state index >= 15 is 0 Å².